The zero-order valence-corrected chi connectivity index (χ0v) is 11.0. The molecule has 0 bridgehead atoms. The van der Waals surface area contributed by atoms with Crippen LogP contribution in [0.1, 0.15) is 10.4 Å². The van der Waals surface area contributed by atoms with E-state index in [1.165, 1.54) is 0 Å². The van der Waals surface area contributed by atoms with Gasteiger partial charge in [-0.05, 0) is 18.2 Å². The number of aldehydes is 1. The van der Waals surface area contributed by atoms with Crippen molar-refractivity contribution < 1.29 is 9.69 Å². The average molecular weight is 284 g/mol. The van der Waals surface area contributed by atoms with Gasteiger partial charge in [0, 0.05) is 15.7 Å². The third-order valence-electron chi connectivity index (χ3n) is 3.08. The van der Waals surface area contributed by atoms with Gasteiger partial charge in [-0.15, -0.1) is 0 Å². The van der Waals surface area contributed by atoms with E-state index in [9.17, 15) is 4.79 Å². The smallest absolute Gasteiger partial charge is 0.152 e. The molecule has 0 radical (unpaired) electrons. The Labute approximate surface area is 104 Å². The number of rotatable bonds is 2. The number of likely N-dealkylation sites (N-methyl/N-ethyl adjacent to an activating group) is 1. The molecule has 1 heterocycles. The molecule has 0 spiro atoms. The van der Waals surface area contributed by atoms with Gasteiger partial charge in [-0.1, -0.05) is 15.9 Å². The highest BCUT2D eigenvalue weighted by Gasteiger charge is 2.19. The van der Waals surface area contributed by atoms with Crippen molar-refractivity contribution in [1.29, 1.82) is 0 Å². The number of nitrogens with one attached hydrogen (secondary N) is 1. The second-order valence-electron chi connectivity index (χ2n) is 4.27. The Morgan fingerprint density at radius 2 is 2.06 bits per heavy atom. The molecule has 0 saturated carbocycles. The van der Waals surface area contributed by atoms with Gasteiger partial charge in [0.2, 0.25) is 0 Å². The van der Waals surface area contributed by atoms with Crippen molar-refractivity contribution in [2.75, 3.05) is 38.1 Å². The van der Waals surface area contributed by atoms with E-state index in [1.807, 2.05) is 18.2 Å². The highest BCUT2D eigenvalue weighted by atomic mass is 79.9. The van der Waals surface area contributed by atoms with Crippen molar-refractivity contribution in [2.24, 2.45) is 0 Å². The topological polar surface area (TPSA) is 24.8 Å². The fraction of sp³-hybridized carbons (Fsp3) is 0.417. The number of nitrogens with zero attached hydrogens (tertiary/aromatic N) is 1. The molecular formula is C12H16BrN2O+. The van der Waals surface area contributed by atoms with Gasteiger partial charge in [0.05, 0.1) is 33.2 Å². The van der Waals surface area contributed by atoms with Crippen molar-refractivity contribution in [3.8, 4) is 0 Å². The molecule has 3 nitrogen and oxygen atoms in total. The maximum atomic E-state index is 11.0. The molecule has 0 aromatic heterocycles. The first kappa shape index (κ1) is 11.6. The molecule has 0 atom stereocenters. The van der Waals surface area contributed by atoms with Crippen molar-refractivity contribution in [3.63, 3.8) is 0 Å². The molecule has 1 fully saturated rings. The second kappa shape index (κ2) is 4.97. The first-order valence-corrected chi connectivity index (χ1v) is 6.31. The molecule has 1 aromatic carbocycles. The molecule has 1 aliphatic heterocycles. The van der Waals surface area contributed by atoms with Gasteiger partial charge >= 0.3 is 0 Å². The predicted molar refractivity (Wildman–Crippen MR) is 68.4 cm³/mol. The van der Waals surface area contributed by atoms with Gasteiger partial charge < -0.3 is 9.80 Å². The lowest BCUT2D eigenvalue weighted by molar-refractivity contribution is -0.880. The normalized spacial score (nSPS) is 17.5. The number of carbonyl (C=O) groups is 1. The fourth-order valence-electron chi connectivity index (χ4n) is 2.02. The van der Waals surface area contributed by atoms with E-state index in [-0.39, 0.29) is 0 Å². The first-order valence-electron chi connectivity index (χ1n) is 5.51. The van der Waals surface area contributed by atoms with Crippen LogP contribution in [0.5, 0.6) is 0 Å². The molecule has 4 heteroatoms. The molecular weight excluding hydrogens is 268 g/mol. The van der Waals surface area contributed by atoms with Crippen molar-refractivity contribution in [1.82, 2.24) is 0 Å². The monoisotopic (exact) mass is 283 g/mol. The molecule has 1 saturated heterocycles. The SMILES string of the molecule is C[NH+]1CCN(c2cc(Br)ccc2C=O)CC1. The van der Waals surface area contributed by atoms with Crippen LogP contribution in [0, 0.1) is 0 Å². The van der Waals surface area contributed by atoms with E-state index in [0.717, 1.165) is 48.2 Å². The summed E-state index contributed by atoms with van der Waals surface area (Å²) < 4.78 is 1.03. The van der Waals surface area contributed by atoms with Crippen molar-refractivity contribution in [3.05, 3.63) is 28.2 Å². The van der Waals surface area contributed by atoms with E-state index in [0.29, 0.717) is 0 Å². The summed E-state index contributed by atoms with van der Waals surface area (Å²) in [6, 6.07) is 5.82. The fourth-order valence-corrected chi connectivity index (χ4v) is 2.37. The number of hydrogen-bond acceptors (Lipinski definition) is 2. The Morgan fingerprint density at radius 1 is 1.38 bits per heavy atom. The highest BCUT2D eigenvalue weighted by Crippen LogP contribution is 2.24. The summed E-state index contributed by atoms with van der Waals surface area (Å²) in [4.78, 5) is 14.8. The zero-order chi connectivity index (χ0) is 11.5. The molecule has 1 N–H and O–H groups in total. The van der Waals surface area contributed by atoms with E-state index >= 15 is 0 Å². The molecule has 1 aliphatic rings. The molecule has 16 heavy (non-hydrogen) atoms. The van der Waals surface area contributed by atoms with Gasteiger partial charge in [0.15, 0.2) is 6.29 Å². The van der Waals surface area contributed by atoms with Crippen LogP contribution in [0.15, 0.2) is 22.7 Å². The Morgan fingerprint density at radius 3 is 2.69 bits per heavy atom. The van der Waals surface area contributed by atoms with E-state index < -0.39 is 0 Å². The average Bonchev–Trinajstić information content (AvgIpc) is 2.30. The Bertz CT molecular complexity index is 387. The second-order valence-corrected chi connectivity index (χ2v) is 5.18. The molecule has 2 rings (SSSR count). The molecule has 86 valence electrons. The summed E-state index contributed by atoms with van der Waals surface area (Å²) in [7, 11) is 2.21. The molecule has 1 aromatic rings. The lowest BCUT2D eigenvalue weighted by atomic mass is 10.1. The maximum absolute atomic E-state index is 11.0. The summed E-state index contributed by atoms with van der Waals surface area (Å²) >= 11 is 3.46. The van der Waals surface area contributed by atoms with E-state index in [4.69, 9.17) is 0 Å². The molecule has 0 aliphatic carbocycles. The zero-order valence-electron chi connectivity index (χ0n) is 9.37. The van der Waals surface area contributed by atoms with Gasteiger partial charge in [0.1, 0.15) is 0 Å². The lowest BCUT2D eigenvalue weighted by Gasteiger charge is -2.32. The number of carbonyl (C=O) groups excluding carboxylic acids is 1. The Hall–Kier alpha value is -0.870. The van der Waals surface area contributed by atoms with Crippen LogP contribution in [0.4, 0.5) is 5.69 Å². The van der Waals surface area contributed by atoms with Crippen LogP contribution in [0.2, 0.25) is 0 Å². The van der Waals surface area contributed by atoms with Gasteiger partial charge in [0.25, 0.3) is 0 Å². The van der Waals surface area contributed by atoms with Gasteiger partial charge in [-0.2, -0.15) is 0 Å². The number of quaternary nitrogens is 1. The lowest BCUT2D eigenvalue weighted by Crippen LogP contribution is -3.12. The van der Waals surface area contributed by atoms with E-state index in [1.54, 1.807) is 4.90 Å². The van der Waals surface area contributed by atoms with Crippen LogP contribution in [-0.4, -0.2) is 39.5 Å². The Kier molecular flexibility index (Phi) is 3.61. The standard InChI is InChI=1S/C12H15BrN2O/c1-14-4-6-15(7-5-14)12-8-11(13)3-2-10(12)9-16/h2-3,8-9H,4-7H2,1H3/p+1. The van der Waals surface area contributed by atoms with Crippen molar-refractivity contribution in [2.45, 2.75) is 0 Å². The van der Waals surface area contributed by atoms with Gasteiger partial charge in [-0.25, -0.2) is 0 Å². The maximum Gasteiger partial charge on any atom is 0.152 e. The summed E-state index contributed by atoms with van der Waals surface area (Å²) in [6.45, 7) is 4.29. The molecule has 0 amide bonds. The minimum Gasteiger partial charge on any atom is -0.360 e. The largest absolute Gasteiger partial charge is 0.360 e. The third-order valence-corrected chi connectivity index (χ3v) is 3.57. The number of halogens is 1. The minimum absolute atomic E-state index is 0.780. The quantitative estimate of drug-likeness (QED) is 0.804. The predicted octanol–water partition coefficient (Wildman–Crippen LogP) is 0.596. The Balaban J connectivity index is 2.25. The number of anilines is 1. The van der Waals surface area contributed by atoms with Crippen LogP contribution in [-0.2, 0) is 0 Å². The third kappa shape index (κ3) is 2.44. The van der Waals surface area contributed by atoms with Crippen LogP contribution in [0.3, 0.4) is 0 Å². The van der Waals surface area contributed by atoms with Crippen LogP contribution >= 0.6 is 15.9 Å². The summed E-state index contributed by atoms with van der Waals surface area (Å²) in [5, 5.41) is 0. The van der Waals surface area contributed by atoms with Crippen LogP contribution in [0.25, 0.3) is 0 Å². The summed E-state index contributed by atoms with van der Waals surface area (Å²) in [5.74, 6) is 0. The number of benzene rings is 1. The first-order chi connectivity index (χ1) is 7.70. The van der Waals surface area contributed by atoms with Gasteiger partial charge in [-0.3, -0.25) is 4.79 Å². The number of hydrogen-bond donors (Lipinski definition) is 1. The minimum atomic E-state index is 0.780. The number of piperazine rings is 1. The highest BCUT2D eigenvalue weighted by molar-refractivity contribution is 9.10. The summed E-state index contributed by atoms with van der Waals surface area (Å²) in [5.41, 5.74) is 1.83. The summed E-state index contributed by atoms with van der Waals surface area (Å²) in [6.07, 6.45) is 0.937. The van der Waals surface area contributed by atoms with E-state index in [2.05, 4.69) is 27.9 Å². The molecule has 0 unspecified atom stereocenters. The van der Waals surface area contributed by atoms with Crippen LogP contribution < -0.4 is 9.80 Å². The van der Waals surface area contributed by atoms with Crippen molar-refractivity contribution >= 4 is 27.9 Å².